The molecule has 0 saturated carbocycles. The third kappa shape index (κ3) is 3.86. The number of hydrogen-bond acceptors (Lipinski definition) is 6. The van der Waals surface area contributed by atoms with Crippen molar-refractivity contribution in [2.24, 2.45) is 0 Å². The Balaban J connectivity index is 2.12. The predicted molar refractivity (Wildman–Crippen MR) is 80.4 cm³/mol. The molecule has 1 aliphatic rings. The van der Waals surface area contributed by atoms with E-state index in [4.69, 9.17) is 19.9 Å². The molecule has 0 bridgehead atoms. The van der Waals surface area contributed by atoms with Gasteiger partial charge in [-0.15, -0.1) is 0 Å². The van der Waals surface area contributed by atoms with Crippen LogP contribution in [-0.2, 0) is 14.2 Å². The fraction of sp³-hybridized carbons (Fsp3) is 0.533. The van der Waals surface area contributed by atoms with Crippen molar-refractivity contribution in [3.05, 3.63) is 23.8 Å². The van der Waals surface area contributed by atoms with Gasteiger partial charge in [-0.05, 0) is 32.0 Å². The molecule has 1 fully saturated rings. The fourth-order valence-corrected chi connectivity index (χ4v) is 2.28. The van der Waals surface area contributed by atoms with Crippen LogP contribution in [-0.4, -0.2) is 44.5 Å². The first kappa shape index (κ1) is 15.6. The van der Waals surface area contributed by atoms with Gasteiger partial charge in [-0.3, -0.25) is 0 Å². The smallest absolute Gasteiger partial charge is 0.337 e. The molecule has 1 aromatic carbocycles. The number of anilines is 2. The van der Waals surface area contributed by atoms with Gasteiger partial charge in [0.2, 0.25) is 0 Å². The second-order valence-electron chi connectivity index (χ2n) is 5.31. The molecular weight excluding hydrogens is 272 g/mol. The molecule has 0 aromatic heterocycles. The van der Waals surface area contributed by atoms with E-state index >= 15 is 0 Å². The van der Waals surface area contributed by atoms with Crippen molar-refractivity contribution in [3.8, 4) is 0 Å². The zero-order valence-corrected chi connectivity index (χ0v) is 12.6. The Hall–Kier alpha value is -1.79. The van der Waals surface area contributed by atoms with Crippen LogP contribution in [0.4, 0.5) is 11.4 Å². The van der Waals surface area contributed by atoms with Crippen molar-refractivity contribution in [2.75, 3.05) is 31.4 Å². The molecule has 0 spiro atoms. The Bertz CT molecular complexity index is 504. The van der Waals surface area contributed by atoms with Gasteiger partial charge in [0, 0.05) is 0 Å². The van der Waals surface area contributed by atoms with Crippen molar-refractivity contribution in [3.63, 3.8) is 0 Å². The van der Waals surface area contributed by atoms with E-state index in [0.29, 0.717) is 30.2 Å². The minimum atomic E-state index is -0.393. The summed E-state index contributed by atoms with van der Waals surface area (Å²) in [4.78, 5) is 11.6. The van der Waals surface area contributed by atoms with Gasteiger partial charge in [0.15, 0.2) is 0 Å². The summed E-state index contributed by atoms with van der Waals surface area (Å²) in [6.07, 6.45) is 0.0888. The molecule has 1 aliphatic heterocycles. The molecule has 21 heavy (non-hydrogen) atoms. The van der Waals surface area contributed by atoms with Crippen LogP contribution in [0.5, 0.6) is 0 Å². The van der Waals surface area contributed by atoms with Gasteiger partial charge in [0.1, 0.15) is 6.10 Å². The average molecular weight is 294 g/mol. The normalized spacial score (nSPS) is 21.5. The molecule has 0 unspecified atom stereocenters. The number of nitrogens with one attached hydrogen (secondary N) is 1. The quantitative estimate of drug-likeness (QED) is 0.635. The van der Waals surface area contributed by atoms with Gasteiger partial charge in [-0.25, -0.2) is 4.79 Å². The molecule has 1 heterocycles. The van der Waals surface area contributed by atoms with Crippen molar-refractivity contribution in [1.82, 2.24) is 0 Å². The number of benzene rings is 1. The number of esters is 1. The van der Waals surface area contributed by atoms with Crippen LogP contribution >= 0.6 is 0 Å². The topological polar surface area (TPSA) is 82.8 Å². The lowest BCUT2D eigenvalue weighted by Crippen LogP contribution is -2.36. The fourth-order valence-electron chi connectivity index (χ4n) is 2.28. The van der Waals surface area contributed by atoms with Crippen LogP contribution in [0.15, 0.2) is 18.2 Å². The molecule has 0 amide bonds. The maximum Gasteiger partial charge on any atom is 0.337 e. The van der Waals surface area contributed by atoms with Gasteiger partial charge in [0.05, 0.1) is 49.4 Å². The monoisotopic (exact) mass is 294 g/mol. The summed E-state index contributed by atoms with van der Waals surface area (Å²) < 4.78 is 16.0. The van der Waals surface area contributed by atoms with Gasteiger partial charge in [-0.1, -0.05) is 0 Å². The Morgan fingerprint density at radius 2 is 2.19 bits per heavy atom. The second kappa shape index (κ2) is 6.78. The standard InChI is InChI=1S/C15H22N2O4/c1-9(2)21-14-8-20-7-13(14)17-12-6-10(15(18)19-3)4-5-11(12)16/h4-6,9,13-14,17H,7-8,16H2,1-3H3/t13-,14+/m1/s1. The number of rotatable bonds is 5. The molecule has 2 atom stereocenters. The van der Waals surface area contributed by atoms with Crippen LogP contribution in [0.2, 0.25) is 0 Å². The minimum Gasteiger partial charge on any atom is -0.465 e. The van der Waals surface area contributed by atoms with E-state index in [2.05, 4.69) is 5.32 Å². The highest BCUT2D eigenvalue weighted by Gasteiger charge is 2.30. The van der Waals surface area contributed by atoms with E-state index in [1.54, 1.807) is 18.2 Å². The Morgan fingerprint density at radius 3 is 2.86 bits per heavy atom. The van der Waals surface area contributed by atoms with Crippen LogP contribution in [0.3, 0.4) is 0 Å². The third-order valence-electron chi connectivity index (χ3n) is 3.29. The zero-order valence-electron chi connectivity index (χ0n) is 12.6. The summed E-state index contributed by atoms with van der Waals surface area (Å²) in [5, 5.41) is 3.30. The van der Waals surface area contributed by atoms with Gasteiger partial charge in [-0.2, -0.15) is 0 Å². The maximum absolute atomic E-state index is 11.6. The summed E-state index contributed by atoms with van der Waals surface area (Å²) in [6.45, 7) is 5.06. The molecule has 1 saturated heterocycles. The molecule has 0 aliphatic carbocycles. The predicted octanol–water partition coefficient (Wildman–Crippen LogP) is 1.66. The van der Waals surface area contributed by atoms with Crippen molar-refractivity contribution < 1.29 is 19.0 Å². The number of nitrogens with two attached hydrogens (primary N) is 1. The summed E-state index contributed by atoms with van der Waals surface area (Å²) in [7, 11) is 1.35. The maximum atomic E-state index is 11.6. The largest absolute Gasteiger partial charge is 0.465 e. The average Bonchev–Trinajstić information content (AvgIpc) is 2.86. The third-order valence-corrected chi connectivity index (χ3v) is 3.29. The number of carbonyl (C=O) groups excluding carboxylic acids is 1. The molecule has 6 heteroatoms. The molecule has 116 valence electrons. The van der Waals surface area contributed by atoms with E-state index in [9.17, 15) is 4.79 Å². The number of nitrogen functional groups attached to an aromatic ring is 1. The summed E-state index contributed by atoms with van der Waals surface area (Å²) in [6, 6.07) is 5.01. The Labute approximate surface area is 124 Å². The lowest BCUT2D eigenvalue weighted by atomic mass is 10.1. The number of carbonyl (C=O) groups is 1. The molecule has 6 nitrogen and oxygen atoms in total. The second-order valence-corrected chi connectivity index (χ2v) is 5.31. The first-order chi connectivity index (χ1) is 10.0. The first-order valence-corrected chi connectivity index (χ1v) is 6.99. The van der Waals surface area contributed by atoms with Crippen LogP contribution in [0.25, 0.3) is 0 Å². The first-order valence-electron chi connectivity index (χ1n) is 6.99. The van der Waals surface area contributed by atoms with Crippen LogP contribution < -0.4 is 11.1 Å². The van der Waals surface area contributed by atoms with E-state index in [0.717, 1.165) is 0 Å². The van der Waals surface area contributed by atoms with Gasteiger partial charge < -0.3 is 25.3 Å². The van der Waals surface area contributed by atoms with Crippen LogP contribution in [0.1, 0.15) is 24.2 Å². The highest BCUT2D eigenvalue weighted by Crippen LogP contribution is 2.24. The Kier molecular flexibility index (Phi) is 5.03. The molecule has 2 rings (SSSR count). The summed E-state index contributed by atoms with van der Waals surface area (Å²) in [5.41, 5.74) is 7.67. The number of ether oxygens (including phenoxy) is 3. The van der Waals surface area contributed by atoms with Crippen molar-refractivity contribution >= 4 is 17.3 Å². The van der Waals surface area contributed by atoms with Crippen LogP contribution in [0, 0.1) is 0 Å². The number of methoxy groups -OCH3 is 1. The Morgan fingerprint density at radius 1 is 1.43 bits per heavy atom. The number of hydrogen-bond donors (Lipinski definition) is 2. The van der Waals surface area contributed by atoms with Gasteiger partial charge in [0.25, 0.3) is 0 Å². The van der Waals surface area contributed by atoms with E-state index < -0.39 is 5.97 Å². The lowest BCUT2D eigenvalue weighted by Gasteiger charge is -2.23. The SMILES string of the molecule is COC(=O)c1ccc(N)c(N[C@@H]2COC[C@@H]2OC(C)C)c1. The van der Waals surface area contributed by atoms with Crippen molar-refractivity contribution in [1.29, 1.82) is 0 Å². The molecule has 0 radical (unpaired) electrons. The van der Waals surface area contributed by atoms with Crippen molar-refractivity contribution in [2.45, 2.75) is 32.1 Å². The highest BCUT2D eigenvalue weighted by atomic mass is 16.6. The summed E-state index contributed by atoms with van der Waals surface area (Å²) >= 11 is 0. The molecule has 1 aromatic rings. The highest BCUT2D eigenvalue weighted by molar-refractivity contribution is 5.92. The molecule has 3 N–H and O–H groups in total. The van der Waals surface area contributed by atoms with E-state index in [1.807, 2.05) is 13.8 Å². The molecular formula is C15H22N2O4. The summed E-state index contributed by atoms with van der Waals surface area (Å²) in [5.74, 6) is -0.393. The minimum absolute atomic E-state index is 0.00240. The van der Waals surface area contributed by atoms with E-state index in [-0.39, 0.29) is 18.2 Å². The van der Waals surface area contributed by atoms with E-state index in [1.165, 1.54) is 7.11 Å². The lowest BCUT2D eigenvalue weighted by molar-refractivity contribution is -0.000278. The van der Waals surface area contributed by atoms with Gasteiger partial charge >= 0.3 is 5.97 Å². The zero-order chi connectivity index (χ0) is 15.4.